The Kier molecular flexibility index (Phi) is 3.50. The molecule has 0 amide bonds. The highest BCUT2D eigenvalue weighted by Crippen LogP contribution is 2.02. The van der Waals surface area contributed by atoms with Crippen LogP contribution < -0.4 is 11.2 Å². The Morgan fingerprint density at radius 3 is 2.40 bits per heavy atom. The Morgan fingerprint density at radius 2 is 1.93 bits per heavy atom. The zero-order valence-electron chi connectivity index (χ0n) is 9.76. The molecule has 4 heteroatoms. The molecule has 0 aliphatic rings. The number of aromatic nitrogens is 2. The van der Waals surface area contributed by atoms with Crippen molar-refractivity contribution in [3.05, 3.63) is 32.1 Å². The van der Waals surface area contributed by atoms with Crippen molar-refractivity contribution in [3.8, 4) is 0 Å². The maximum Gasteiger partial charge on any atom is 0.328 e. The van der Waals surface area contributed by atoms with Crippen molar-refractivity contribution in [1.29, 1.82) is 0 Å². The zero-order chi connectivity index (χ0) is 11.6. The molecule has 4 nitrogen and oxygen atoms in total. The smallest absolute Gasteiger partial charge is 0.311 e. The molecule has 1 aromatic heterocycles. The van der Waals surface area contributed by atoms with Crippen molar-refractivity contribution >= 4 is 0 Å². The normalized spacial score (nSPS) is 11.0. The first-order valence-corrected chi connectivity index (χ1v) is 5.33. The van der Waals surface area contributed by atoms with Gasteiger partial charge in [-0.2, -0.15) is 0 Å². The summed E-state index contributed by atoms with van der Waals surface area (Å²) < 4.78 is 1.26. The van der Waals surface area contributed by atoms with Crippen LogP contribution in [0.1, 0.15) is 44.5 Å². The van der Waals surface area contributed by atoms with E-state index < -0.39 is 0 Å². The molecule has 0 aliphatic heterocycles. The number of H-pyrrole nitrogens is 1. The van der Waals surface area contributed by atoms with Crippen LogP contribution in [0, 0.1) is 6.92 Å². The molecule has 0 spiro atoms. The summed E-state index contributed by atoms with van der Waals surface area (Å²) in [7, 11) is 0. The minimum Gasteiger partial charge on any atom is -0.311 e. The summed E-state index contributed by atoms with van der Waals surface area (Å²) in [6, 6.07) is -0.101. The second kappa shape index (κ2) is 4.47. The summed E-state index contributed by atoms with van der Waals surface area (Å²) in [4.78, 5) is 26.3. The van der Waals surface area contributed by atoms with E-state index in [0.717, 1.165) is 18.5 Å². The molecule has 0 aliphatic carbocycles. The van der Waals surface area contributed by atoms with Crippen molar-refractivity contribution in [2.45, 2.75) is 46.6 Å². The highest BCUT2D eigenvalue weighted by atomic mass is 16.2. The predicted octanol–water partition coefficient (Wildman–Crippen LogP) is 1.38. The standard InChI is InChI=1S/C11H18N2O2/c1-5-6-9-8(4)10(14)13(7(2)3)11(15)12-9/h7H,5-6H2,1-4H3,(H,12,15). The van der Waals surface area contributed by atoms with Gasteiger partial charge in [-0.05, 0) is 27.2 Å². The van der Waals surface area contributed by atoms with Gasteiger partial charge in [-0.25, -0.2) is 4.79 Å². The molecule has 0 fully saturated rings. The SMILES string of the molecule is CCCc1[nH]c(=O)n(C(C)C)c(=O)c1C. The van der Waals surface area contributed by atoms with Crippen LogP contribution in [0.3, 0.4) is 0 Å². The first-order chi connectivity index (χ1) is 6.99. The third-order valence-electron chi connectivity index (χ3n) is 2.49. The molecule has 0 saturated carbocycles. The minimum absolute atomic E-state index is 0.101. The molecule has 0 unspecified atom stereocenters. The quantitative estimate of drug-likeness (QED) is 0.819. The van der Waals surface area contributed by atoms with Gasteiger partial charge in [0.2, 0.25) is 0 Å². The lowest BCUT2D eigenvalue weighted by molar-refractivity contribution is 0.537. The summed E-state index contributed by atoms with van der Waals surface area (Å²) >= 11 is 0. The molecule has 0 atom stereocenters. The fourth-order valence-electron chi connectivity index (χ4n) is 1.65. The summed E-state index contributed by atoms with van der Waals surface area (Å²) in [6.45, 7) is 7.44. The number of hydrogen-bond acceptors (Lipinski definition) is 2. The topological polar surface area (TPSA) is 54.9 Å². The predicted molar refractivity (Wildman–Crippen MR) is 60.4 cm³/mol. The molecule has 0 aromatic carbocycles. The number of aromatic amines is 1. The first-order valence-electron chi connectivity index (χ1n) is 5.33. The van der Waals surface area contributed by atoms with E-state index in [2.05, 4.69) is 4.98 Å². The van der Waals surface area contributed by atoms with Gasteiger partial charge in [-0.15, -0.1) is 0 Å². The summed E-state index contributed by atoms with van der Waals surface area (Å²) in [5, 5.41) is 0. The molecule has 1 heterocycles. The Labute approximate surface area is 89.0 Å². The molecule has 84 valence electrons. The number of nitrogens with zero attached hydrogens (tertiary/aromatic N) is 1. The van der Waals surface area contributed by atoms with Gasteiger partial charge in [0.05, 0.1) is 0 Å². The Bertz CT molecular complexity index is 455. The van der Waals surface area contributed by atoms with Gasteiger partial charge >= 0.3 is 5.69 Å². The van der Waals surface area contributed by atoms with Crippen LogP contribution in [0.5, 0.6) is 0 Å². The molecule has 15 heavy (non-hydrogen) atoms. The van der Waals surface area contributed by atoms with Gasteiger partial charge in [0.25, 0.3) is 5.56 Å². The monoisotopic (exact) mass is 210 g/mol. The fraction of sp³-hybridized carbons (Fsp3) is 0.636. The van der Waals surface area contributed by atoms with Crippen molar-refractivity contribution in [1.82, 2.24) is 9.55 Å². The highest BCUT2D eigenvalue weighted by molar-refractivity contribution is 5.15. The molecule has 0 radical (unpaired) electrons. The van der Waals surface area contributed by atoms with Crippen molar-refractivity contribution < 1.29 is 0 Å². The lowest BCUT2D eigenvalue weighted by Gasteiger charge is -2.11. The van der Waals surface area contributed by atoms with E-state index in [4.69, 9.17) is 0 Å². The summed E-state index contributed by atoms with van der Waals surface area (Å²) in [5.74, 6) is 0. The number of nitrogens with one attached hydrogen (secondary N) is 1. The van der Waals surface area contributed by atoms with Gasteiger partial charge in [0.15, 0.2) is 0 Å². The molecular weight excluding hydrogens is 192 g/mol. The second-order valence-electron chi connectivity index (χ2n) is 4.05. The largest absolute Gasteiger partial charge is 0.328 e. The molecule has 0 bridgehead atoms. The molecule has 1 aromatic rings. The van der Waals surface area contributed by atoms with E-state index >= 15 is 0 Å². The van der Waals surface area contributed by atoms with Crippen LogP contribution in [0.25, 0.3) is 0 Å². The van der Waals surface area contributed by atoms with Crippen LogP contribution in [0.15, 0.2) is 9.59 Å². The molecule has 0 saturated heterocycles. The number of hydrogen-bond donors (Lipinski definition) is 1. The van der Waals surface area contributed by atoms with Gasteiger partial charge in [0, 0.05) is 17.3 Å². The second-order valence-corrected chi connectivity index (χ2v) is 4.05. The lowest BCUT2D eigenvalue weighted by Crippen LogP contribution is -2.38. The third-order valence-corrected chi connectivity index (χ3v) is 2.49. The highest BCUT2D eigenvalue weighted by Gasteiger charge is 2.11. The van der Waals surface area contributed by atoms with E-state index in [-0.39, 0.29) is 17.3 Å². The van der Waals surface area contributed by atoms with E-state index in [9.17, 15) is 9.59 Å². The lowest BCUT2D eigenvalue weighted by atomic mass is 10.1. The third kappa shape index (κ3) is 2.19. The minimum atomic E-state index is -0.302. The Hall–Kier alpha value is -1.32. The number of rotatable bonds is 3. The van der Waals surface area contributed by atoms with Gasteiger partial charge in [-0.3, -0.25) is 9.36 Å². The molecule has 1 rings (SSSR count). The Balaban J connectivity index is 3.45. The maximum absolute atomic E-state index is 11.9. The summed E-state index contributed by atoms with van der Waals surface area (Å²) in [6.07, 6.45) is 1.66. The van der Waals surface area contributed by atoms with E-state index in [0.29, 0.717) is 5.56 Å². The average molecular weight is 210 g/mol. The van der Waals surface area contributed by atoms with Crippen LogP contribution in [-0.2, 0) is 6.42 Å². The van der Waals surface area contributed by atoms with E-state index in [1.54, 1.807) is 6.92 Å². The first kappa shape index (κ1) is 11.8. The average Bonchev–Trinajstić information content (AvgIpc) is 2.13. The van der Waals surface area contributed by atoms with Crippen molar-refractivity contribution in [3.63, 3.8) is 0 Å². The van der Waals surface area contributed by atoms with Gasteiger partial charge in [-0.1, -0.05) is 13.3 Å². The fourth-order valence-corrected chi connectivity index (χ4v) is 1.65. The van der Waals surface area contributed by atoms with Gasteiger partial charge < -0.3 is 4.98 Å². The van der Waals surface area contributed by atoms with Crippen LogP contribution in [0.2, 0.25) is 0 Å². The van der Waals surface area contributed by atoms with E-state index in [1.165, 1.54) is 4.57 Å². The van der Waals surface area contributed by atoms with Crippen molar-refractivity contribution in [2.24, 2.45) is 0 Å². The van der Waals surface area contributed by atoms with Crippen LogP contribution in [-0.4, -0.2) is 9.55 Å². The Morgan fingerprint density at radius 1 is 1.33 bits per heavy atom. The summed E-state index contributed by atoms with van der Waals surface area (Å²) in [5.41, 5.74) is 0.954. The van der Waals surface area contributed by atoms with Gasteiger partial charge in [0.1, 0.15) is 0 Å². The van der Waals surface area contributed by atoms with Crippen LogP contribution >= 0.6 is 0 Å². The molecular formula is C11H18N2O2. The van der Waals surface area contributed by atoms with Crippen LogP contribution in [0.4, 0.5) is 0 Å². The van der Waals surface area contributed by atoms with E-state index in [1.807, 2.05) is 20.8 Å². The number of aryl methyl sites for hydroxylation is 1. The molecule has 1 N–H and O–H groups in total. The van der Waals surface area contributed by atoms with Crippen molar-refractivity contribution in [2.75, 3.05) is 0 Å². The maximum atomic E-state index is 11.9. The zero-order valence-corrected chi connectivity index (χ0v) is 9.76.